The van der Waals surface area contributed by atoms with Gasteiger partial charge in [-0.25, -0.2) is 0 Å². The first-order valence-electron chi connectivity index (χ1n) is 9.37. The summed E-state index contributed by atoms with van der Waals surface area (Å²) in [6, 6.07) is 8.67. The van der Waals surface area contributed by atoms with Gasteiger partial charge in [0.25, 0.3) is 5.91 Å². The van der Waals surface area contributed by atoms with Crippen molar-refractivity contribution in [3.63, 3.8) is 0 Å². The van der Waals surface area contributed by atoms with E-state index in [1.54, 1.807) is 9.91 Å². The molecule has 4 rings (SSSR count). The molecule has 2 amide bonds. The number of hydrogen-bond acceptors (Lipinski definition) is 6. The fraction of sp³-hybridized carbons (Fsp3) is 0.526. The molecule has 144 valence electrons. The largest absolute Gasteiger partial charge is 0.368 e. The Kier molecular flexibility index (Phi) is 5.09. The van der Waals surface area contributed by atoms with Crippen LogP contribution in [0.25, 0.3) is 0 Å². The number of para-hydroxylation sites is 1. The number of likely N-dealkylation sites (tertiary alicyclic amines) is 1. The Labute approximate surface area is 157 Å². The summed E-state index contributed by atoms with van der Waals surface area (Å²) >= 11 is 0. The molecular formula is C19H24N4O4. The minimum atomic E-state index is -0.635. The summed E-state index contributed by atoms with van der Waals surface area (Å²) in [6.07, 6.45) is 1.77. The second kappa shape index (κ2) is 7.66. The molecule has 8 nitrogen and oxygen atoms in total. The molecule has 1 aromatic rings. The van der Waals surface area contributed by atoms with Crippen molar-refractivity contribution in [3.05, 3.63) is 30.3 Å². The highest BCUT2D eigenvalue weighted by Crippen LogP contribution is 2.28. The number of benzene rings is 1. The third-order valence-electron chi connectivity index (χ3n) is 5.37. The summed E-state index contributed by atoms with van der Waals surface area (Å²) in [5, 5.41) is 6.00. The standard InChI is InChI=1S/C19H24N4O4/c20-17(24)16-12-15(21-23(16)14-4-2-1-3-5-14)18(25)22-8-6-13(7-9-22)19-26-10-11-27-19/h1-5,13,16,19H,6-12H2,(H2,20,24). The molecule has 27 heavy (non-hydrogen) atoms. The lowest BCUT2D eigenvalue weighted by Crippen LogP contribution is -2.44. The first-order chi connectivity index (χ1) is 13.1. The van der Waals surface area contributed by atoms with Crippen LogP contribution >= 0.6 is 0 Å². The number of hydrazone groups is 1. The second-order valence-corrected chi connectivity index (χ2v) is 7.09. The van der Waals surface area contributed by atoms with Crippen LogP contribution in [0, 0.1) is 5.92 Å². The van der Waals surface area contributed by atoms with E-state index in [4.69, 9.17) is 15.2 Å². The van der Waals surface area contributed by atoms with E-state index in [2.05, 4.69) is 5.10 Å². The molecule has 0 radical (unpaired) electrons. The number of hydrogen-bond donors (Lipinski definition) is 1. The van der Waals surface area contributed by atoms with Crippen LogP contribution < -0.4 is 10.7 Å². The van der Waals surface area contributed by atoms with Crippen molar-refractivity contribution in [3.8, 4) is 0 Å². The average molecular weight is 372 g/mol. The Morgan fingerprint density at radius 2 is 1.74 bits per heavy atom. The van der Waals surface area contributed by atoms with Crippen molar-refractivity contribution in [2.75, 3.05) is 31.3 Å². The molecule has 3 aliphatic heterocycles. The first-order valence-corrected chi connectivity index (χ1v) is 9.37. The van der Waals surface area contributed by atoms with Crippen LogP contribution in [0.3, 0.4) is 0 Å². The Hall–Kier alpha value is -2.45. The number of piperidine rings is 1. The maximum Gasteiger partial charge on any atom is 0.270 e. The molecule has 0 bridgehead atoms. The van der Waals surface area contributed by atoms with Crippen molar-refractivity contribution >= 4 is 23.2 Å². The van der Waals surface area contributed by atoms with E-state index < -0.39 is 11.9 Å². The summed E-state index contributed by atoms with van der Waals surface area (Å²) in [5.74, 6) is -0.285. The van der Waals surface area contributed by atoms with Gasteiger partial charge in [-0.2, -0.15) is 5.10 Å². The zero-order valence-corrected chi connectivity index (χ0v) is 15.1. The van der Waals surface area contributed by atoms with Gasteiger partial charge in [-0.15, -0.1) is 0 Å². The predicted molar refractivity (Wildman–Crippen MR) is 99.0 cm³/mol. The highest BCUT2D eigenvalue weighted by atomic mass is 16.7. The van der Waals surface area contributed by atoms with E-state index in [0.717, 1.165) is 18.5 Å². The number of nitrogens with zero attached hydrogens (tertiary/aromatic N) is 3. The van der Waals surface area contributed by atoms with Gasteiger partial charge in [-0.3, -0.25) is 14.6 Å². The third kappa shape index (κ3) is 3.68. The van der Waals surface area contributed by atoms with Crippen LogP contribution in [-0.2, 0) is 19.1 Å². The lowest BCUT2D eigenvalue weighted by atomic mass is 9.95. The zero-order valence-electron chi connectivity index (χ0n) is 15.1. The predicted octanol–water partition coefficient (Wildman–Crippen LogP) is 0.718. The summed E-state index contributed by atoms with van der Waals surface area (Å²) in [5.41, 5.74) is 6.68. The molecule has 3 aliphatic rings. The van der Waals surface area contributed by atoms with Crippen LogP contribution in [0.5, 0.6) is 0 Å². The smallest absolute Gasteiger partial charge is 0.270 e. The Bertz CT molecular complexity index is 724. The number of amides is 2. The van der Waals surface area contributed by atoms with Gasteiger partial charge < -0.3 is 20.1 Å². The normalized spacial score (nSPS) is 24.3. The summed E-state index contributed by atoms with van der Waals surface area (Å²) in [6.45, 7) is 2.56. The quantitative estimate of drug-likeness (QED) is 0.840. The highest BCUT2D eigenvalue weighted by Gasteiger charge is 2.38. The van der Waals surface area contributed by atoms with E-state index in [-0.39, 0.29) is 18.6 Å². The molecule has 1 atom stereocenters. The Morgan fingerprint density at radius 3 is 2.37 bits per heavy atom. The minimum Gasteiger partial charge on any atom is -0.368 e. The molecule has 0 spiro atoms. The van der Waals surface area contributed by atoms with Gasteiger partial charge in [0, 0.05) is 25.4 Å². The Balaban J connectivity index is 1.43. The average Bonchev–Trinajstić information content (AvgIpc) is 3.38. The van der Waals surface area contributed by atoms with E-state index in [1.165, 1.54) is 0 Å². The van der Waals surface area contributed by atoms with E-state index >= 15 is 0 Å². The molecule has 2 saturated heterocycles. The molecule has 0 aliphatic carbocycles. The molecule has 0 aromatic heterocycles. The topological polar surface area (TPSA) is 97.5 Å². The van der Waals surface area contributed by atoms with Gasteiger partial charge in [0.2, 0.25) is 5.91 Å². The lowest BCUT2D eigenvalue weighted by Gasteiger charge is -2.33. The molecule has 1 aromatic carbocycles. The molecule has 8 heteroatoms. The van der Waals surface area contributed by atoms with Gasteiger partial charge >= 0.3 is 0 Å². The minimum absolute atomic E-state index is 0.119. The molecule has 0 saturated carbocycles. The summed E-state index contributed by atoms with van der Waals surface area (Å²) < 4.78 is 11.2. The van der Waals surface area contributed by atoms with Crippen LogP contribution in [0.4, 0.5) is 5.69 Å². The second-order valence-electron chi connectivity index (χ2n) is 7.09. The lowest BCUT2D eigenvalue weighted by molar-refractivity contribution is -0.130. The van der Waals surface area contributed by atoms with Crippen molar-refractivity contribution < 1.29 is 19.1 Å². The molecule has 3 heterocycles. The number of ether oxygens (including phenoxy) is 2. The zero-order chi connectivity index (χ0) is 18.8. The highest BCUT2D eigenvalue weighted by molar-refractivity contribution is 6.40. The molecule has 2 N–H and O–H groups in total. The van der Waals surface area contributed by atoms with Crippen molar-refractivity contribution in [1.82, 2.24) is 4.90 Å². The van der Waals surface area contributed by atoms with Crippen LogP contribution in [0.1, 0.15) is 19.3 Å². The maximum atomic E-state index is 12.9. The number of carbonyl (C=O) groups excluding carboxylic acids is 2. The fourth-order valence-electron chi connectivity index (χ4n) is 3.89. The molecule has 2 fully saturated rings. The van der Waals surface area contributed by atoms with E-state index in [0.29, 0.717) is 37.9 Å². The number of anilines is 1. The van der Waals surface area contributed by atoms with E-state index in [9.17, 15) is 9.59 Å². The van der Waals surface area contributed by atoms with Crippen molar-refractivity contribution in [2.45, 2.75) is 31.6 Å². The number of primary amides is 1. The molecule has 1 unspecified atom stereocenters. The van der Waals surface area contributed by atoms with Crippen LogP contribution in [0.2, 0.25) is 0 Å². The number of rotatable bonds is 4. The van der Waals surface area contributed by atoms with Gasteiger partial charge in [-0.1, -0.05) is 18.2 Å². The third-order valence-corrected chi connectivity index (χ3v) is 5.37. The summed E-state index contributed by atoms with van der Waals surface area (Å²) in [4.78, 5) is 26.6. The van der Waals surface area contributed by atoms with Gasteiger partial charge in [0.05, 0.1) is 18.9 Å². The van der Waals surface area contributed by atoms with Gasteiger partial charge in [0.1, 0.15) is 11.8 Å². The van der Waals surface area contributed by atoms with Crippen LogP contribution in [0.15, 0.2) is 35.4 Å². The van der Waals surface area contributed by atoms with Gasteiger partial charge in [0.15, 0.2) is 6.29 Å². The monoisotopic (exact) mass is 372 g/mol. The first kappa shape index (κ1) is 17.9. The fourth-order valence-corrected chi connectivity index (χ4v) is 3.89. The maximum absolute atomic E-state index is 12.9. The molecular weight excluding hydrogens is 348 g/mol. The Morgan fingerprint density at radius 1 is 1.07 bits per heavy atom. The number of carbonyl (C=O) groups is 2. The van der Waals surface area contributed by atoms with Crippen molar-refractivity contribution in [2.24, 2.45) is 16.8 Å². The van der Waals surface area contributed by atoms with Crippen LogP contribution in [-0.4, -0.2) is 61.1 Å². The van der Waals surface area contributed by atoms with Crippen molar-refractivity contribution in [1.29, 1.82) is 0 Å². The van der Waals surface area contributed by atoms with Gasteiger partial charge in [-0.05, 0) is 25.0 Å². The number of nitrogens with two attached hydrogens (primary N) is 1. The summed E-state index contributed by atoms with van der Waals surface area (Å²) in [7, 11) is 0. The van der Waals surface area contributed by atoms with E-state index in [1.807, 2.05) is 30.3 Å². The SMILES string of the molecule is NC(=O)C1CC(C(=O)N2CCC(C3OCCO3)CC2)=NN1c1ccccc1.